The van der Waals surface area contributed by atoms with Crippen LogP contribution in [0.25, 0.3) is 0 Å². The van der Waals surface area contributed by atoms with Gasteiger partial charge >= 0.3 is 0 Å². The normalized spacial score (nSPS) is 18.0. The molecule has 1 heterocycles. The Bertz CT molecular complexity index is 88.2. The van der Waals surface area contributed by atoms with Gasteiger partial charge in [-0.3, -0.25) is 0 Å². The Morgan fingerprint density at radius 2 is 1.17 bits per heavy atom. The Kier molecular flexibility index (Phi) is 6.65. The van der Waals surface area contributed by atoms with Crippen LogP contribution in [0.5, 0.6) is 0 Å². The number of hydrogen-bond donors (Lipinski definition) is 2. The first-order valence-corrected chi connectivity index (χ1v) is 7.93. The summed E-state index contributed by atoms with van der Waals surface area (Å²) in [7, 11) is 0.639. The summed E-state index contributed by atoms with van der Waals surface area (Å²) >= 11 is 0. The summed E-state index contributed by atoms with van der Waals surface area (Å²) in [5.74, 6) is 0. The molecule has 1 rings (SSSR count). The van der Waals surface area contributed by atoms with Gasteiger partial charge in [0.05, 0.1) is 0 Å². The van der Waals surface area contributed by atoms with Crippen LogP contribution in [0.2, 0.25) is 19.6 Å². The van der Waals surface area contributed by atoms with E-state index in [0.29, 0.717) is 0 Å². The van der Waals surface area contributed by atoms with Crippen LogP contribution < -0.4 is 10.6 Å². The second-order valence-electron chi connectivity index (χ2n) is 3.82. The molecule has 0 atom stereocenters. The van der Waals surface area contributed by atoms with E-state index in [9.17, 15) is 0 Å². The molecule has 0 aromatic carbocycles. The number of rotatable bonds is 1. The van der Waals surface area contributed by atoms with E-state index in [2.05, 4.69) is 30.3 Å². The number of piperazine rings is 1. The average molecular weight is 190 g/mol. The second kappa shape index (κ2) is 6.60. The van der Waals surface area contributed by atoms with E-state index in [-0.39, 0.29) is 0 Å². The topological polar surface area (TPSA) is 33.3 Å². The van der Waals surface area contributed by atoms with E-state index < -0.39 is 8.32 Å². The second-order valence-corrected chi connectivity index (χ2v) is 8.45. The van der Waals surface area contributed by atoms with Gasteiger partial charge in [0.15, 0.2) is 8.32 Å². The van der Waals surface area contributed by atoms with E-state index in [0.717, 1.165) is 26.2 Å². The fourth-order valence-electron chi connectivity index (χ4n) is 0.604. The molecule has 4 heteroatoms. The molecule has 0 aromatic rings. The van der Waals surface area contributed by atoms with Crippen molar-refractivity contribution in [2.75, 3.05) is 33.3 Å². The van der Waals surface area contributed by atoms with Crippen LogP contribution >= 0.6 is 0 Å². The van der Waals surface area contributed by atoms with Crippen LogP contribution in [-0.2, 0) is 4.43 Å². The lowest BCUT2D eigenvalue weighted by Gasteiger charge is -2.11. The summed E-state index contributed by atoms with van der Waals surface area (Å²) in [5, 5.41) is 6.44. The zero-order valence-corrected chi connectivity index (χ0v) is 9.74. The van der Waals surface area contributed by atoms with Crippen LogP contribution in [0, 0.1) is 0 Å². The molecule has 0 aromatic heterocycles. The Balaban J connectivity index is 0.000000202. The highest BCUT2D eigenvalue weighted by Crippen LogP contribution is 1.97. The summed E-state index contributed by atoms with van der Waals surface area (Å²) in [4.78, 5) is 0. The van der Waals surface area contributed by atoms with Gasteiger partial charge in [-0.2, -0.15) is 0 Å². The standard InChI is InChI=1S/C4H10N2.C4H12OSi/c1-2-6-4-3-5-1;1-5-6(2,3)4/h5-6H,1-4H2;1-4H3. The van der Waals surface area contributed by atoms with Gasteiger partial charge in [-0.25, -0.2) is 0 Å². The molecular weight excluding hydrogens is 168 g/mol. The fraction of sp³-hybridized carbons (Fsp3) is 1.00. The highest BCUT2D eigenvalue weighted by Gasteiger charge is 2.09. The van der Waals surface area contributed by atoms with Gasteiger partial charge < -0.3 is 15.1 Å². The van der Waals surface area contributed by atoms with Crippen molar-refractivity contribution in [1.29, 1.82) is 0 Å². The van der Waals surface area contributed by atoms with Crippen molar-refractivity contribution in [3.05, 3.63) is 0 Å². The molecule has 0 aliphatic carbocycles. The third kappa shape index (κ3) is 10.1. The van der Waals surface area contributed by atoms with Crippen molar-refractivity contribution >= 4 is 8.32 Å². The van der Waals surface area contributed by atoms with Crippen LogP contribution in [-0.4, -0.2) is 41.6 Å². The maximum atomic E-state index is 5.08. The zero-order valence-electron chi connectivity index (χ0n) is 8.74. The van der Waals surface area contributed by atoms with Gasteiger partial charge in [-0.1, -0.05) is 0 Å². The zero-order chi connectivity index (χ0) is 9.45. The first-order chi connectivity index (χ1) is 5.56. The van der Waals surface area contributed by atoms with E-state index in [4.69, 9.17) is 4.43 Å². The van der Waals surface area contributed by atoms with Crippen LogP contribution in [0.4, 0.5) is 0 Å². The summed E-state index contributed by atoms with van der Waals surface area (Å²) in [6.07, 6.45) is 0. The quantitative estimate of drug-likeness (QED) is 0.596. The Morgan fingerprint density at radius 1 is 0.917 bits per heavy atom. The molecule has 0 amide bonds. The average Bonchev–Trinajstić information content (AvgIpc) is 2.07. The van der Waals surface area contributed by atoms with E-state index in [1.165, 1.54) is 0 Å². The van der Waals surface area contributed by atoms with Crippen molar-refractivity contribution in [2.24, 2.45) is 0 Å². The smallest absolute Gasteiger partial charge is 0.183 e. The van der Waals surface area contributed by atoms with Crippen molar-refractivity contribution in [1.82, 2.24) is 10.6 Å². The van der Waals surface area contributed by atoms with Crippen LogP contribution in [0.3, 0.4) is 0 Å². The van der Waals surface area contributed by atoms with Crippen LogP contribution in [0.15, 0.2) is 0 Å². The van der Waals surface area contributed by atoms with Crippen LogP contribution in [0.1, 0.15) is 0 Å². The molecule has 0 bridgehead atoms. The van der Waals surface area contributed by atoms with Gasteiger partial charge in [0.1, 0.15) is 0 Å². The maximum absolute atomic E-state index is 5.08. The predicted molar refractivity (Wildman–Crippen MR) is 56.1 cm³/mol. The number of nitrogens with one attached hydrogen (secondary N) is 2. The summed E-state index contributed by atoms with van der Waals surface area (Å²) in [6.45, 7) is 11.0. The Labute approximate surface area is 77.0 Å². The Morgan fingerprint density at radius 3 is 1.25 bits per heavy atom. The van der Waals surface area contributed by atoms with Crippen molar-refractivity contribution < 1.29 is 4.43 Å². The summed E-state index contributed by atoms with van der Waals surface area (Å²) < 4.78 is 5.08. The van der Waals surface area contributed by atoms with Gasteiger partial charge in [0, 0.05) is 33.3 Å². The SMILES string of the molecule is C1CNCCN1.CO[Si](C)(C)C. The minimum Gasteiger partial charge on any atom is -0.421 e. The van der Waals surface area contributed by atoms with Crippen molar-refractivity contribution in [3.8, 4) is 0 Å². The van der Waals surface area contributed by atoms with Crippen molar-refractivity contribution in [3.63, 3.8) is 0 Å². The molecule has 1 saturated heterocycles. The van der Waals surface area contributed by atoms with E-state index in [1.807, 2.05) is 0 Å². The van der Waals surface area contributed by atoms with Crippen molar-refractivity contribution in [2.45, 2.75) is 19.6 Å². The highest BCUT2D eigenvalue weighted by molar-refractivity contribution is 6.69. The molecule has 0 spiro atoms. The molecule has 3 nitrogen and oxygen atoms in total. The third-order valence-corrected chi connectivity index (χ3v) is 2.79. The Hall–Kier alpha value is 0.0969. The maximum Gasteiger partial charge on any atom is 0.183 e. The first-order valence-electron chi connectivity index (χ1n) is 4.53. The molecule has 12 heavy (non-hydrogen) atoms. The minimum absolute atomic E-state index is 1.13. The lowest BCUT2D eigenvalue weighted by Crippen LogP contribution is -2.39. The monoisotopic (exact) mass is 190 g/mol. The summed E-state index contributed by atoms with van der Waals surface area (Å²) in [6, 6.07) is 0. The molecule has 1 fully saturated rings. The van der Waals surface area contributed by atoms with Gasteiger partial charge in [0.2, 0.25) is 0 Å². The lowest BCUT2D eigenvalue weighted by atomic mass is 10.4. The first kappa shape index (κ1) is 12.1. The van der Waals surface area contributed by atoms with E-state index >= 15 is 0 Å². The van der Waals surface area contributed by atoms with E-state index in [1.54, 1.807) is 7.11 Å². The molecule has 1 aliphatic rings. The summed E-state index contributed by atoms with van der Waals surface area (Å²) in [5.41, 5.74) is 0. The predicted octanol–water partition coefficient (Wildman–Crippen LogP) is 0.647. The van der Waals surface area contributed by atoms with Gasteiger partial charge in [-0.15, -0.1) is 0 Å². The lowest BCUT2D eigenvalue weighted by molar-refractivity contribution is 0.411. The molecular formula is C8H22N2OSi. The molecule has 0 saturated carbocycles. The minimum atomic E-state index is -1.13. The highest BCUT2D eigenvalue weighted by atomic mass is 28.4. The molecule has 74 valence electrons. The molecule has 2 N–H and O–H groups in total. The van der Waals surface area contributed by atoms with Gasteiger partial charge in [-0.05, 0) is 19.6 Å². The number of hydrogen-bond acceptors (Lipinski definition) is 3. The molecule has 0 radical (unpaired) electrons. The fourth-order valence-corrected chi connectivity index (χ4v) is 0.604. The molecule has 1 aliphatic heterocycles. The molecule has 0 unspecified atom stereocenters. The third-order valence-electron chi connectivity index (χ3n) is 1.57. The largest absolute Gasteiger partial charge is 0.421 e. The van der Waals surface area contributed by atoms with Gasteiger partial charge in [0.25, 0.3) is 0 Å².